The van der Waals surface area contributed by atoms with Gasteiger partial charge in [0.15, 0.2) is 0 Å². The van der Waals surface area contributed by atoms with Crippen molar-refractivity contribution in [1.82, 2.24) is 4.83 Å². The van der Waals surface area contributed by atoms with Crippen molar-refractivity contribution in [1.29, 1.82) is 0 Å². The Morgan fingerprint density at radius 1 is 1.20 bits per heavy atom. The van der Waals surface area contributed by atoms with Crippen LogP contribution < -0.4 is 4.83 Å². The van der Waals surface area contributed by atoms with Crippen LogP contribution in [0.3, 0.4) is 0 Å². The molecule has 0 saturated heterocycles. The van der Waals surface area contributed by atoms with E-state index in [2.05, 4.69) is 16.9 Å². The Hall–Kier alpha value is -1.36. The zero-order valence-corrected chi connectivity index (χ0v) is 13.1. The van der Waals surface area contributed by atoms with Crippen LogP contribution in [0.2, 0.25) is 0 Å². The molecule has 0 atom stereocenters. The molecular weight excluding hydrogens is 272 g/mol. The highest BCUT2D eigenvalue weighted by molar-refractivity contribution is 7.89. The molecule has 0 amide bonds. The summed E-state index contributed by atoms with van der Waals surface area (Å²) in [4.78, 5) is 2.70. The van der Waals surface area contributed by atoms with Crippen LogP contribution in [0.25, 0.3) is 0 Å². The molecule has 1 aromatic rings. The van der Waals surface area contributed by atoms with Gasteiger partial charge in [-0.1, -0.05) is 19.1 Å². The molecule has 110 valence electrons. The number of nitrogens with zero attached hydrogens (tertiary/aromatic N) is 1. The molecular formula is C15H22N2O2S. The first-order chi connectivity index (χ1) is 9.38. The van der Waals surface area contributed by atoms with Crippen LogP contribution in [0.5, 0.6) is 0 Å². The van der Waals surface area contributed by atoms with Gasteiger partial charge in [-0.15, -0.1) is 0 Å². The summed E-state index contributed by atoms with van der Waals surface area (Å²) in [6.45, 7) is 5.90. The predicted molar refractivity (Wildman–Crippen MR) is 81.3 cm³/mol. The number of aryl methyl sites for hydroxylation is 2. The molecule has 1 aliphatic rings. The monoisotopic (exact) mass is 294 g/mol. The predicted octanol–water partition coefficient (Wildman–Crippen LogP) is 3.15. The van der Waals surface area contributed by atoms with Crippen molar-refractivity contribution >= 4 is 15.7 Å². The summed E-state index contributed by atoms with van der Waals surface area (Å²) in [5.74, 6) is 0.713. The van der Waals surface area contributed by atoms with E-state index >= 15 is 0 Å². The maximum absolute atomic E-state index is 12.3. The third-order valence-corrected chi connectivity index (χ3v) is 5.16. The maximum Gasteiger partial charge on any atom is 0.276 e. The molecule has 0 radical (unpaired) electrons. The van der Waals surface area contributed by atoms with Gasteiger partial charge >= 0.3 is 0 Å². The first-order valence-corrected chi connectivity index (χ1v) is 8.51. The second-order valence-electron chi connectivity index (χ2n) is 5.72. The molecule has 5 heteroatoms. The summed E-state index contributed by atoms with van der Waals surface area (Å²) in [6.07, 6.45) is 3.95. The van der Waals surface area contributed by atoms with Crippen molar-refractivity contribution in [3.63, 3.8) is 0 Å². The second-order valence-corrected chi connectivity index (χ2v) is 7.35. The smallest absolute Gasteiger partial charge is 0.200 e. The molecule has 1 fully saturated rings. The van der Waals surface area contributed by atoms with Crippen LogP contribution in [0.1, 0.15) is 43.7 Å². The Labute approximate surface area is 121 Å². The van der Waals surface area contributed by atoms with Crippen molar-refractivity contribution in [2.24, 2.45) is 11.0 Å². The van der Waals surface area contributed by atoms with Crippen molar-refractivity contribution in [3.05, 3.63) is 29.3 Å². The van der Waals surface area contributed by atoms with E-state index in [1.165, 1.54) is 0 Å². The number of benzene rings is 1. The second kappa shape index (κ2) is 5.95. The summed E-state index contributed by atoms with van der Waals surface area (Å²) in [5.41, 5.74) is 2.62. The van der Waals surface area contributed by atoms with E-state index in [-0.39, 0.29) is 0 Å². The first kappa shape index (κ1) is 15.0. The molecule has 1 N–H and O–H groups in total. The molecule has 0 aliphatic heterocycles. The zero-order valence-electron chi connectivity index (χ0n) is 12.3. The SMILES string of the molecule is Cc1ccc(C)c(S(=O)(=O)NN=C2CCC(C)CC2)c1. The highest BCUT2D eigenvalue weighted by atomic mass is 32.2. The van der Waals surface area contributed by atoms with Gasteiger partial charge in [0, 0.05) is 5.71 Å². The molecule has 0 aromatic heterocycles. The molecule has 4 nitrogen and oxygen atoms in total. The lowest BCUT2D eigenvalue weighted by atomic mass is 9.90. The van der Waals surface area contributed by atoms with E-state index in [0.717, 1.165) is 42.5 Å². The van der Waals surface area contributed by atoms with Gasteiger partial charge in [0.1, 0.15) is 0 Å². The lowest BCUT2D eigenvalue weighted by Crippen LogP contribution is -2.23. The van der Waals surface area contributed by atoms with Gasteiger partial charge in [0.2, 0.25) is 0 Å². The molecule has 0 heterocycles. The Balaban J connectivity index is 2.15. The van der Waals surface area contributed by atoms with E-state index < -0.39 is 10.0 Å². The standard InChI is InChI=1S/C15H22N2O2S/c1-11-5-8-14(9-6-11)16-17-20(18,19)15-10-12(2)4-7-13(15)3/h4,7,10-11,17H,5-6,8-9H2,1-3H3. The summed E-state index contributed by atoms with van der Waals surface area (Å²) in [7, 11) is -3.56. The average Bonchev–Trinajstić information content (AvgIpc) is 2.41. The maximum atomic E-state index is 12.3. The van der Waals surface area contributed by atoms with Gasteiger partial charge in [0.05, 0.1) is 4.90 Å². The van der Waals surface area contributed by atoms with E-state index in [4.69, 9.17) is 0 Å². The summed E-state index contributed by atoms with van der Waals surface area (Å²) in [5, 5.41) is 4.12. The minimum Gasteiger partial charge on any atom is -0.200 e. The summed E-state index contributed by atoms with van der Waals surface area (Å²) >= 11 is 0. The fourth-order valence-electron chi connectivity index (χ4n) is 2.38. The van der Waals surface area contributed by atoms with E-state index in [1.54, 1.807) is 13.0 Å². The van der Waals surface area contributed by atoms with Crippen molar-refractivity contribution in [2.75, 3.05) is 0 Å². The number of hydrogen-bond acceptors (Lipinski definition) is 3. The molecule has 1 saturated carbocycles. The van der Waals surface area contributed by atoms with Crippen LogP contribution in [0.15, 0.2) is 28.2 Å². The lowest BCUT2D eigenvalue weighted by Gasteiger charge is -2.19. The van der Waals surface area contributed by atoms with E-state index in [1.807, 2.05) is 19.1 Å². The Morgan fingerprint density at radius 3 is 2.50 bits per heavy atom. The molecule has 0 bridgehead atoms. The quantitative estimate of drug-likeness (QED) is 0.871. The minimum atomic E-state index is -3.56. The number of hydrogen-bond donors (Lipinski definition) is 1. The molecule has 0 unspecified atom stereocenters. The Bertz CT molecular complexity index is 611. The van der Waals surface area contributed by atoms with Crippen molar-refractivity contribution < 1.29 is 8.42 Å². The number of rotatable bonds is 3. The third-order valence-electron chi connectivity index (χ3n) is 3.81. The molecule has 20 heavy (non-hydrogen) atoms. The van der Waals surface area contributed by atoms with Gasteiger partial charge in [-0.2, -0.15) is 13.5 Å². The van der Waals surface area contributed by atoms with Gasteiger partial charge in [-0.05, 0) is 62.6 Å². The Kier molecular flexibility index (Phi) is 4.48. The zero-order chi connectivity index (χ0) is 14.8. The van der Waals surface area contributed by atoms with Crippen LogP contribution in [-0.2, 0) is 10.0 Å². The summed E-state index contributed by atoms with van der Waals surface area (Å²) < 4.78 is 24.6. The van der Waals surface area contributed by atoms with E-state index in [0.29, 0.717) is 10.8 Å². The van der Waals surface area contributed by atoms with Crippen LogP contribution in [0, 0.1) is 19.8 Å². The fourth-order valence-corrected chi connectivity index (χ4v) is 3.56. The molecule has 2 rings (SSSR count). The van der Waals surface area contributed by atoms with Crippen molar-refractivity contribution in [2.45, 2.75) is 51.3 Å². The van der Waals surface area contributed by atoms with Crippen molar-refractivity contribution in [3.8, 4) is 0 Å². The van der Waals surface area contributed by atoms with Crippen LogP contribution in [-0.4, -0.2) is 14.1 Å². The Morgan fingerprint density at radius 2 is 1.85 bits per heavy atom. The highest BCUT2D eigenvalue weighted by Gasteiger charge is 2.18. The summed E-state index contributed by atoms with van der Waals surface area (Å²) in [6, 6.07) is 5.41. The normalized spacial score (nSPS) is 19.8. The topological polar surface area (TPSA) is 58.5 Å². The third kappa shape index (κ3) is 3.60. The largest absolute Gasteiger partial charge is 0.276 e. The minimum absolute atomic E-state index is 0.311. The van der Waals surface area contributed by atoms with Gasteiger partial charge in [-0.3, -0.25) is 0 Å². The van der Waals surface area contributed by atoms with E-state index in [9.17, 15) is 8.42 Å². The fraction of sp³-hybridized carbons (Fsp3) is 0.533. The van der Waals surface area contributed by atoms with Crippen LogP contribution in [0.4, 0.5) is 0 Å². The molecule has 1 aromatic carbocycles. The lowest BCUT2D eigenvalue weighted by molar-refractivity contribution is 0.482. The highest BCUT2D eigenvalue weighted by Crippen LogP contribution is 2.21. The van der Waals surface area contributed by atoms with Crippen LogP contribution >= 0.6 is 0 Å². The van der Waals surface area contributed by atoms with Gasteiger partial charge < -0.3 is 0 Å². The van der Waals surface area contributed by atoms with Gasteiger partial charge in [0.25, 0.3) is 10.0 Å². The van der Waals surface area contributed by atoms with Gasteiger partial charge in [-0.25, -0.2) is 4.83 Å². The first-order valence-electron chi connectivity index (χ1n) is 7.03. The average molecular weight is 294 g/mol. The molecule has 1 aliphatic carbocycles. The number of sulfonamides is 1. The number of hydrazone groups is 1. The number of nitrogens with one attached hydrogen (secondary N) is 1. The molecule has 0 spiro atoms.